The number of carboxylic acid groups (broad SMARTS) is 1. The zero-order chi connectivity index (χ0) is 69.1. The molecule has 0 spiro atoms. The highest BCUT2D eigenvalue weighted by atomic mass is 35.5. The Labute approximate surface area is 601 Å². The van der Waals surface area contributed by atoms with Crippen molar-refractivity contribution in [2.45, 2.75) is 170 Å². The molecule has 99 heavy (non-hydrogen) atoms. The predicted octanol–water partition coefficient (Wildman–Crippen LogP) is 16.9. The molecule has 25 heteroatoms. The van der Waals surface area contributed by atoms with Crippen LogP contribution in [0.2, 0.25) is 0 Å². The van der Waals surface area contributed by atoms with E-state index in [0.29, 0.717) is 88.4 Å². The third-order valence-electron chi connectivity index (χ3n) is 16.0. The monoisotopic (exact) mass is 1460 g/mol. The lowest BCUT2D eigenvalue weighted by atomic mass is 9.96. The summed E-state index contributed by atoms with van der Waals surface area (Å²) in [7, 11) is 0. The summed E-state index contributed by atoms with van der Waals surface area (Å²) < 4.78 is 30.4. The summed E-state index contributed by atoms with van der Waals surface area (Å²) in [6.45, 7) is 4.88. The number of ether oxygens (including phenoxy) is 2. The number of benzene rings is 1. The molecule has 1 aromatic carbocycles. The maximum Gasteiger partial charge on any atom is 0.342 e. The Bertz CT molecular complexity index is 4160. The van der Waals surface area contributed by atoms with Crippen LogP contribution >= 0.6 is 68.3 Å². The number of aliphatic carboxylic acids is 1. The molecule has 5 N–H and O–H groups in total. The molecule has 0 unspecified atom stereocenters. The smallest absolute Gasteiger partial charge is 0.342 e. The van der Waals surface area contributed by atoms with Gasteiger partial charge in [-0.3, -0.25) is 23.7 Å². The Hall–Kier alpha value is -8.26. The number of thiophene rings is 5. The molecular weight excluding hydrogens is 1380 g/mol. The van der Waals surface area contributed by atoms with Gasteiger partial charge in [-0.1, -0.05) is 57.3 Å². The number of esters is 2. The molecule has 0 radical (unpaired) electrons. The van der Waals surface area contributed by atoms with Gasteiger partial charge in [0.15, 0.2) is 5.82 Å². The summed E-state index contributed by atoms with van der Waals surface area (Å²) >= 11 is 12.3. The number of carboxylic acids is 1. The minimum Gasteiger partial charge on any atom is -0.478 e. The van der Waals surface area contributed by atoms with E-state index in [1.54, 1.807) is 77.5 Å². The quantitative estimate of drug-likeness (QED) is 0.0549. The normalized spacial score (nSPS) is 14.3. The Balaban J connectivity index is 0.000000192. The van der Waals surface area contributed by atoms with Gasteiger partial charge in [0.2, 0.25) is 5.89 Å². The number of allylic oxidation sites excluding steroid dienone is 3. The van der Waals surface area contributed by atoms with Crippen molar-refractivity contribution < 1.29 is 52.2 Å². The average Bonchev–Trinajstić information content (AvgIpc) is 1.63. The van der Waals surface area contributed by atoms with Crippen molar-refractivity contribution in [1.82, 2.24) is 25.2 Å². The Morgan fingerprint density at radius 2 is 1.05 bits per heavy atom. The first-order chi connectivity index (χ1) is 47.0. The number of hydrogen-bond donors (Lipinski definition) is 4. The average molecular weight is 1470 g/mol. The molecule has 8 aromatic rings. The molecule has 5 aliphatic rings. The van der Waals surface area contributed by atoms with E-state index in [1.807, 2.05) is 63.3 Å². The summed E-state index contributed by atoms with van der Waals surface area (Å²) in [6, 6.07) is 25.0. The number of rotatable bonds is 15. The van der Waals surface area contributed by atoms with Crippen LogP contribution in [0.3, 0.4) is 0 Å². The van der Waals surface area contributed by atoms with E-state index in [0.717, 1.165) is 164 Å². The van der Waals surface area contributed by atoms with E-state index >= 15 is 0 Å². The van der Waals surface area contributed by atoms with Gasteiger partial charge in [0, 0.05) is 29.2 Å². The predicted molar refractivity (Wildman–Crippen MR) is 394 cm³/mol. The zero-order valence-electron chi connectivity index (χ0n) is 54.1. The first-order valence-electron chi connectivity index (χ1n) is 32.4. The molecule has 0 bridgehead atoms. The fourth-order valence-electron chi connectivity index (χ4n) is 11.2. The molecular formula is C74H86ClFN6O12S5. The standard InChI is InChI=1S/C20H19FN2OS.C14H17NO3S.C12H13NO3S.C12H11NO2S.C9H15NO2.C5H3ClOS.2CH4/c21-15-6-3-5-14(13-15)10-11-23-19(18-9-4-12-25-18)22-17-8-2-1-7-16(17)20(23)24;1-2-18-14(17)10-6-3-4-7-11(10)15-13(16)12-8-5-9-19-12;14-11(10-6-3-7-17-10)13-9-5-2-1-4-8(9)12(15)16;14-12-8-4-1-2-5-9(8)13-11(15-12)10-6-3-7-16-10;1-2-12-9(11)7-5-3-4-6-8(7)10;6-5(7)4-2-1-3-8-4;;/h3-6,9,12-13H,1-2,7-8,10-11H2;5,8-9H,2-4,6-7H2,1H3,(H,15,16);3,6-7H,1-2,4-5H2,(H,13,14)(H,15,16);3,6-7H,1-2,4-5H2;2-6,10H2,1H3;1-3H;2*1H4. The largest absolute Gasteiger partial charge is 0.478 e. The molecule has 7 aromatic heterocycles. The molecule has 0 atom stereocenters. The van der Waals surface area contributed by atoms with Crippen LogP contribution in [-0.2, 0) is 62.5 Å². The van der Waals surface area contributed by atoms with Crippen molar-refractivity contribution in [3.63, 3.8) is 0 Å². The van der Waals surface area contributed by atoms with Gasteiger partial charge in [0.05, 0.1) is 71.3 Å². The highest BCUT2D eigenvalue weighted by Crippen LogP contribution is 2.30. The van der Waals surface area contributed by atoms with Crippen LogP contribution in [-0.4, -0.2) is 67.8 Å². The molecule has 0 saturated carbocycles. The third-order valence-corrected chi connectivity index (χ3v) is 20.7. The minimum atomic E-state index is -0.925. The molecule has 0 aliphatic heterocycles. The number of halogens is 2. The number of fused-ring (bicyclic) bond motifs is 2. The molecule has 528 valence electrons. The number of aromatic nitrogens is 3. The van der Waals surface area contributed by atoms with E-state index in [2.05, 4.69) is 15.6 Å². The minimum absolute atomic E-state index is 0. The van der Waals surface area contributed by atoms with E-state index in [1.165, 1.54) is 46.1 Å². The summed E-state index contributed by atoms with van der Waals surface area (Å²) in [5, 5.41) is 23.7. The van der Waals surface area contributed by atoms with Crippen molar-refractivity contribution in [3.8, 4) is 21.5 Å². The van der Waals surface area contributed by atoms with Crippen molar-refractivity contribution in [3.05, 3.63) is 215 Å². The molecule has 0 fully saturated rings. The van der Waals surface area contributed by atoms with E-state index in [-0.39, 0.29) is 60.9 Å². The molecule has 7 heterocycles. The van der Waals surface area contributed by atoms with Gasteiger partial charge in [-0.15, -0.1) is 56.7 Å². The summed E-state index contributed by atoms with van der Waals surface area (Å²) in [5.41, 5.74) is 13.7. The molecule has 13 rings (SSSR count). The third kappa shape index (κ3) is 23.7. The molecule has 0 saturated heterocycles. The number of amides is 2. The van der Waals surface area contributed by atoms with Crippen molar-refractivity contribution in [2.24, 2.45) is 5.73 Å². The van der Waals surface area contributed by atoms with Crippen LogP contribution in [0.15, 0.2) is 160 Å². The SMILES string of the molecule is C.C.CCOC(=O)C1=C(N)CCCC1.CCOC(=O)C1=C(NC(=O)c2cccs2)CCCC1.O=C(Cl)c1cccs1.O=C(O)C1=C(NC(=O)c2cccs2)CCCC1.O=c1c2c(nc(-c3cccs3)n1CCc1cccc(F)c1)CCCC2.O=c1oc(-c2cccs2)nc2c1CCCC2. The van der Waals surface area contributed by atoms with Crippen LogP contribution in [0.25, 0.3) is 21.5 Å². The number of nitrogens with one attached hydrogen (secondary N) is 2. The zero-order valence-corrected chi connectivity index (χ0v) is 58.9. The van der Waals surface area contributed by atoms with Gasteiger partial charge in [-0.2, -0.15) is 0 Å². The lowest BCUT2D eigenvalue weighted by Gasteiger charge is -2.19. The lowest BCUT2D eigenvalue weighted by molar-refractivity contribution is -0.139. The second-order valence-electron chi connectivity index (χ2n) is 22.7. The number of hydrogen-bond acceptors (Lipinski definition) is 19. The molecule has 2 amide bonds. The first-order valence-corrected chi connectivity index (χ1v) is 37.2. The summed E-state index contributed by atoms with van der Waals surface area (Å²) in [5.74, 6) is -0.835. The van der Waals surface area contributed by atoms with Crippen LogP contribution < -0.4 is 27.6 Å². The van der Waals surface area contributed by atoms with Crippen molar-refractivity contribution in [1.29, 1.82) is 0 Å². The topological polar surface area (TPSA) is 269 Å². The van der Waals surface area contributed by atoms with Crippen LogP contribution in [0, 0.1) is 5.82 Å². The van der Waals surface area contributed by atoms with E-state index in [4.69, 9.17) is 41.3 Å². The number of aryl methyl sites for hydroxylation is 3. The molecule has 18 nitrogen and oxygen atoms in total. The van der Waals surface area contributed by atoms with E-state index in [9.17, 15) is 42.7 Å². The molecule has 5 aliphatic carbocycles. The van der Waals surface area contributed by atoms with Gasteiger partial charge >= 0.3 is 23.5 Å². The highest BCUT2D eigenvalue weighted by Gasteiger charge is 2.25. The number of carbonyl (C=O) groups excluding carboxylic acids is 5. The number of nitrogens with zero attached hydrogens (tertiary/aromatic N) is 3. The maximum atomic E-state index is 13.4. The van der Waals surface area contributed by atoms with Gasteiger partial charge < -0.3 is 35.4 Å². The first kappa shape index (κ1) is 79.7. The summed E-state index contributed by atoms with van der Waals surface area (Å²) in [6.07, 6.45) is 18.5. The van der Waals surface area contributed by atoms with Crippen LogP contribution in [0.5, 0.6) is 0 Å². The maximum absolute atomic E-state index is 13.4. The van der Waals surface area contributed by atoms with Crippen LogP contribution in [0.4, 0.5) is 4.39 Å². The Morgan fingerprint density at radius 3 is 1.57 bits per heavy atom. The van der Waals surface area contributed by atoms with Crippen LogP contribution in [0.1, 0.15) is 189 Å². The van der Waals surface area contributed by atoms with Gasteiger partial charge in [-0.25, -0.2) is 33.5 Å². The van der Waals surface area contributed by atoms with E-state index < -0.39 is 5.97 Å². The van der Waals surface area contributed by atoms with Gasteiger partial charge in [0.25, 0.3) is 22.6 Å². The van der Waals surface area contributed by atoms with Gasteiger partial charge in [-0.05, 0) is 235 Å². The second-order valence-corrected chi connectivity index (χ2v) is 27.8. The number of nitrogens with two attached hydrogens (primary N) is 1. The lowest BCUT2D eigenvalue weighted by Crippen LogP contribution is -2.30. The Kier molecular flexibility index (Phi) is 33.3. The second kappa shape index (κ2) is 41.3. The Morgan fingerprint density at radius 1 is 0.576 bits per heavy atom. The van der Waals surface area contributed by atoms with Crippen molar-refractivity contribution >= 4 is 103 Å². The fraction of sp³-hybridized carbons (Fsp3) is 0.378. The van der Waals surface area contributed by atoms with Crippen molar-refractivity contribution in [2.75, 3.05) is 13.2 Å². The fourth-order valence-corrected chi connectivity index (χ4v) is 14.6. The van der Waals surface area contributed by atoms with Gasteiger partial charge in [0.1, 0.15) is 5.82 Å². The highest BCUT2D eigenvalue weighted by molar-refractivity contribution is 7.14. The number of carbonyl (C=O) groups is 6. The summed E-state index contributed by atoms with van der Waals surface area (Å²) in [4.78, 5) is 106.